The molecule has 152 valence electrons. The molecule has 0 aliphatic heterocycles. The predicted molar refractivity (Wildman–Crippen MR) is 126 cm³/mol. The third kappa shape index (κ3) is 9.31. The van der Waals surface area contributed by atoms with E-state index in [0.29, 0.717) is 0 Å². The molecule has 4 aromatic rings. The van der Waals surface area contributed by atoms with Gasteiger partial charge in [0.1, 0.15) is 15.9 Å². The standard InChI is InChI=1S/C18H15P.C6H5.CH4O.CH3.Pd/c1-4-10-16(11-5-1)19(17-12-6-2-7-13-17)18-14-8-3-9-15-18;1-2-4-6-5-3-1;1-2;;/h1-15H;1-5H;2H,1H3;1H3;/q;-1;;-1;+2/p+1. The van der Waals surface area contributed by atoms with Crippen molar-refractivity contribution >= 4 is 23.8 Å². The van der Waals surface area contributed by atoms with Gasteiger partial charge in [0.2, 0.25) is 0 Å². The van der Waals surface area contributed by atoms with Gasteiger partial charge in [-0.15, -0.1) is 0 Å². The van der Waals surface area contributed by atoms with Gasteiger partial charge in [0.05, 0.1) is 7.92 Å². The van der Waals surface area contributed by atoms with Crippen LogP contribution in [0.25, 0.3) is 0 Å². The molecule has 0 saturated heterocycles. The minimum atomic E-state index is -0.877. The van der Waals surface area contributed by atoms with Crippen LogP contribution in [0.3, 0.4) is 0 Å². The van der Waals surface area contributed by atoms with E-state index in [2.05, 4.69) is 97.1 Å². The molecule has 0 saturated carbocycles. The van der Waals surface area contributed by atoms with Crippen molar-refractivity contribution in [3.63, 3.8) is 0 Å². The third-order valence-corrected chi connectivity index (χ3v) is 6.53. The Balaban J connectivity index is 0.000000671. The number of aliphatic hydroxyl groups is 1. The predicted octanol–water partition coefficient (Wildman–Crippen LogP) is 4.72. The summed E-state index contributed by atoms with van der Waals surface area (Å²) >= 11 is 0. The van der Waals surface area contributed by atoms with Crippen molar-refractivity contribution < 1.29 is 25.5 Å². The first kappa shape index (κ1) is 26.9. The smallest absolute Gasteiger partial charge is 0.400 e. The quantitative estimate of drug-likeness (QED) is 0.249. The zero-order valence-corrected chi connectivity index (χ0v) is 19.4. The largest absolute Gasteiger partial charge is 2.00 e. The van der Waals surface area contributed by atoms with Gasteiger partial charge in [-0.1, -0.05) is 54.6 Å². The van der Waals surface area contributed by atoms with Gasteiger partial charge in [-0.2, -0.15) is 36.4 Å². The van der Waals surface area contributed by atoms with Crippen LogP contribution in [0.5, 0.6) is 0 Å². The Bertz CT molecular complexity index is 720. The molecule has 1 nitrogen and oxygen atoms in total. The summed E-state index contributed by atoms with van der Waals surface area (Å²) < 4.78 is 0. The number of rotatable bonds is 3. The molecule has 0 aliphatic rings. The Morgan fingerprint density at radius 3 is 1.00 bits per heavy atom. The van der Waals surface area contributed by atoms with Gasteiger partial charge in [0, 0.05) is 7.11 Å². The molecule has 0 heterocycles. The molecule has 0 fully saturated rings. The van der Waals surface area contributed by atoms with Crippen LogP contribution in [-0.4, -0.2) is 12.2 Å². The molecule has 1 N–H and O–H groups in total. The van der Waals surface area contributed by atoms with Crippen molar-refractivity contribution in [3.8, 4) is 0 Å². The number of hydrogen-bond acceptors (Lipinski definition) is 1. The summed E-state index contributed by atoms with van der Waals surface area (Å²) in [5.41, 5.74) is 0. The number of aliphatic hydroxyl groups excluding tert-OH is 1. The zero-order valence-electron chi connectivity index (χ0n) is 16.8. The maximum Gasteiger partial charge on any atom is 2.00 e. The summed E-state index contributed by atoms with van der Waals surface area (Å²) in [4.78, 5) is 0. The van der Waals surface area contributed by atoms with Crippen LogP contribution >= 0.6 is 7.92 Å². The average molecular weight is 494 g/mol. The monoisotopic (exact) mass is 493 g/mol. The first-order valence-corrected chi connectivity index (χ1v) is 10.3. The SMILES string of the molecule is CO.[CH3-].[Pd+2].[c-]1ccccc1.c1ccc([PH+](c2ccccc2)c2ccccc2)cc1. The summed E-state index contributed by atoms with van der Waals surface area (Å²) in [6.45, 7) is 0. The number of hydrogen-bond donors (Lipinski definition) is 1. The molecule has 29 heavy (non-hydrogen) atoms. The minimum Gasteiger partial charge on any atom is -0.400 e. The summed E-state index contributed by atoms with van der Waals surface area (Å²) in [6.07, 6.45) is 0. The van der Waals surface area contributed by atoms with Gasteiger partial charge < -0.3 is 12.5 Å². The molecule has 0 amide bonds. The van der Waals surface area contributed by atoms with Gasteiger partial charge in [-0.05, 0) is 36.4 Å². The molecule has 0 spiro atoms. The van der Waals surface area contributed by atoms with E-state index in [0.717, 1.165) is 7.11 Å². The van der Waals surface area contributed by atoms with Crippen molar-refractivity contribution in [3.05, 3.63) is 135 Å². The van der Waals surface area contributed by atoms with E-state index in [1.807, 2.05) is 30.3 Å². The second-order valence-electron chi connectivity index (χ2n) is 5.55. The maximum atomic E-state index is 7.00. The normalized spacial score (nSPS) is 8.79. The zero-order chi connectivity index (χ0) is 19.2. The van der Waals surface area contributed by atoms with E-state index < -0.39 is 7.92 Å². The molecule has 4 rings (SSSR count). The summed E-state index contributed by atoms with van der Waals surface area (Å²) in [6, 6.07) is 45.0. The molecule has 0 unspecified atom stereocenters. The second kappa shape index (κ2) is 16.8. The Kier molecular flexibility index (Phi) is 15.6. The molecule has 0 aromatic heterocycles. The summed E-state index contributed by atoms with van der Waals surface area (Å²) in [5.74, 6) is 0. The summed E-state index contributed by atoms with van der Waals surface area (Å²) in [7, 11) is 0.123. The fraction of sp³-hybridized carbons (Fsp3) is 0.0385. The molecular weight excluding hydrogens is 466 g/mol. The first-order valence-electron chi connectivity index (χ1n) is 8.84. The van der Waals surface area contributed by atoms with Crippen LogP contribution in [0.4, 0.5) is 0 Å². The first-order chi connectivity index (χ1) is 13.4. The van der Waals surface area contributed by atoms with Gasteiger partial charge in [-0.25, -0.2) is 0 Å². The Hall–Kier alpha value is -2.07. The average Bonchev–Trinajstić information content (AvgIpc) is 2.79. The molecule has 0 aliphatic carbocycles. The van der Waals surface area contributed by atoms with Crippen molar-refractivity contribution in [1.29, 1.82) is 0 Å². The van der Waals surface area contributed by atoms with Gasteiger partial charge in [0.25, 0.3) is 0 Å². The van der Waals surface area contributed by atoms with E-state index in [4.69, 9.17) is 5.11 Å². The fourth-order valence-electron chi connectivity index (χ4n) is 2.66. The fourth-order valence-corrected chi connectivity index (χ4v) is 5.23. The van der Waals surface area contributed by atoms with Crippen LogP contribution in [0, 0.1) is 13.5 Å². The maximum absolute atomic E-state index is 7.00. The van der Waals surface area contributed by atoms with Gasteiger partial charge >= 0.3 is 20.4 Å². The van der Waals surface area contributed by atoms with Gasteiger partial charge in [0.15, 0.2) is 0 Å². The Morgan fingerprint density at radius 1 is 0.517 bits per heavy atom. The van der Waals surface area contributed by atoms with Crippen LogP contribution in [0.15, 0.2) is 121 Å². The topological polar surface area (TPSA) is 20.2 Å². The van der Waals surface area contributed by atoms with Crippen molar-refractivity contribution in [2.24, 2.45) is 0 Å². The molecule has 4 aromatic carbocycles. The van der Waals surface area contributed by atoms with Crippen molar-refractivity contribution in [2.45, 2.75) is 0 Å². The van der Waals surface area contributed by atoms with Crippen LogP contribution in [0.2, 0.25) is 0 Å². The van der Waals surface area contributed by atoms with E-state index in [9.17, 15) is 0 Å². The van der Waals surface area contributed by atoms with Crippen LogP contribution in [0.1, 0.15) is 0 Å². The molecular formula is C26H28OPPd+. The Morgan fingerprint density at radius 2 is 0.793 bits per heavy atom. The van der Waals surface area contributed by atoms with E-state index >= 15 is 0 Å². The van der Waals surface area contributed by atoms with Crippen LogP contribution < -0.4 is 15.9 Å². The van der Waals surface area contributed by atoms with Crippen molar-refractivity contribution in [1.82, 2.24) is 0 Å². The van der Waals surface area contributed by atoms with E-state index in [-0.39, 0.29) is 27.8 Å². The van der Waals surface area contributed by atoms with Crippen molar-refractivity contribution in [2.75, 3.05) is 7.11 Å². The van der Waals surface area contributed by atoms with E-state index in [1.54, 1.807) is 0 Å². The summed E-state index contributed by atoms with van der Waals surface area (Å²) in [5, 5.41) is 11.3. The van der Waals surface area contributed by atoms with Gasteiger partial charge in [-0.3, -0.25) is 0 Å². The molecule has 3 heteroatoms. The molecule has 0 radical (unpaired) electrons. The third-order valence-electron chi connectivity index (χ3n) is 3.79. The Labute approximate surface area is 190 Å². The van der Waals surface area contributed by atoms with E-state index in [1.165, 1.54) is 15.9 Å². The molecule has 0 atom stereocenters. The number of benzene rings is 4. The second-order valence-corrected chi connectivity index (χ2v) is 8.03. The minimum absolute atomic E-state index is 0. The molecule has 0 bridgehead atoms. The van der Waals surface area contributed by atoms with Crippen LogP contribution in [-0.2, 0) is 20.4 Å².